The van der Waals surface area contributed by atoms with Gasteiger partial charge in [0, 0.05) is 23.9 Å². The summed E-state index contributed by atoms with van der Waals surface area (Å²) in [5, 5.41) is 14.1. The van der Waals surface area contributed by atoms with Crippen molar-refractivity contribution in [2.75, 3.05) is 7.11 Å². The molecule has 158 valence electrons. The SMILES string of the molecule is COC(=O)CCC(NCc1c(O[Si](C)(C)C(C)(C)C)csc1C(=O)O)C(N)=O. The fourth-order valence-corrected chi connectivity index (χ4v) is 4.12. The minimum Gasteiger partial charge on any atom is -0.543 e. The molecule has 0 aromatic carbocycles. The average molecular weight is 431 g/mol. The largest absolute Gasteiger partial charge is 0.543 e. The number of aromatic carboxylic acids is 1. The number of ether oxygens (including phenoxy) is 1. The molecule has 1 amide bonds. The molecule has 0 aliphatic heterocycles. The summed E-state index contributed by atoms with van der Waals surface area (Å²) in [6.07, 6.45) is 0.187. The Labute approximate surface area is 170 Å². The van der Waals surface area contributed by atoms with Crippen LogP contribution in [0.4, 0.5) is 0 Å². The average Bonchev–Trinajstić information content (AvgIpc) is 2.95. The summed E-state index contributed by atoms with van der Waals surface area (Å²) in [6, 6.07) is -0.790. The van der Waals surface area contributed by atoms with Crippen LogP contribution in [0.15, 0.2) is 5.38 Å². The van der Waals surface area contributed by atoms with E-state index in [1.54, 1.807) is 5.38 Å². The second-order valence-corrected chi connectivity index (χ2v) is 13.6. The van der Waals surface area contributed by atoms with Crippen molar-refractivity contribution in [3.8, 4) is 5.75 Å². The van der Waals surface area contributed by atoms with Crippen LogP contribution in [0, 0.1) is 0 Å². The molecule has 1 aromatic rings. The molecular weight excluding hydrogens is 400 g/mol. The third kappa shape index (κ3) is 6.32. The van der Waals surface area contributed by atoms with Gasteiger partial charge in [0.2, 0.25) is 5.91 Å². The Hall–Kier alpha value is -1.91. The van der Waals surface area contributed by atoms with Gasteiger partial charge in [-0.1, -0.05) is 20.8 Å². The summed E-state index contributed by atoms with van der Waals surface area (Å²) in [4.78, 5) is 34.8. The van der Waals surface area contributed by atoms with E-state index in [0.717, 1.165) is 11.3 Å². The van der Waals surface area contributed by atoms with Gasteiger partial charge in [-0.2, -0.15) is 0 Å². The number of nitrogens with two attached hydrogens (primary N) is 1. The highest BCUT2D eigenvalue weighted by atomic mass is 32.1. The Morgan fingerprint density at radius 1 is 1.32 bits per heavy atom. The minimum absolute atomic E-state index is 0.0276. The van der Waals surface area contributed by atoms with E-state index in [2.05, 4.69) is 43.9 Å². The normalized spacial score (nSPS) is 13.1. The van der Waals surface area contributed by atoms with E-state index < -0.39 is 32.2 Å². The van der Waals surface area contributed by atoms with Crippen molar-refractivity contribution in [3.63, 3.8) is 0 Å². The molecule has 1 heterocycles. The monoisotopic (exact) mass is 430 g/mol. The first-order chi connectivity index (χ1) is 12.8. The highest BCUT2D eigenvalue weighted by Gasteiger charge is 2.40. The number of hydrogen-bond acceptors (Lipinski definition) is 7. The lowest BCUT2D eigenvalue weighted by atomic mass is 10.1. The van der Waals surface area contributed by atoms with Gasteiger partial charge in [-0.3, -0.25) is 9.59 Å². The van der Waals surface area contributed by atoms with E-state index in [1.807, 2.05) is 0 Å². The molecule has 1 aromatic heterocycles. The third-order valence-corrected chi connectivity index (χ3v) is 10.3. The van der Waals surface area contributed by atoms with Gasteiger partial charge in [-0.05, 0) is 24.6 Å². The smallest absolute Gasteiger partial charge is 0.346 e. The molecule has 0 spiro atoms. The van der Waals surface area contributed by atoms with Gasteiger partial charge in [0.25, 0.3) is 8.32 Å². The van der Waals surface area contributed by atoms with Gasteiger partial charge in [-0.15, -0.1) is 11.3 Å². The highest BCUT2D eigenvalue weighted by Crippen LogP contribution is 2.40. The van der Waals surface area contributed by atoms with Crippen LogP contribution < -0.4 is 15.5 Å². The molecule has 8 nitrogen and oxygen atoms in total. The van der Waals surface area contributed by atoms with E-state index in [-0.39, 0.29) is 29.3 Å². The number of carboxylic acids is 1. The van der Waals surface area contributed by atoms with Crippen LogP contribution in [0.5, 0.6) is 5.75 Å². The van der Waals surface area contributed by atoms with Crippen molar-refractivity contribution >= 4 is 37.5 Å². The first-order valence-corrected chi connectivity index (χ1v) is 12.7. The molecule has 1 rings (SSSR count). The van der Waals surface area contributed by atoms with Crippen LogP contribution >= 0.6 is 11.3 Å². The minimum atomic E-state index is -2.18. The first-order valence-electron chi connectivity index (χ1n) is 8.92. The van der Waals surface area contributed by atoms with Gasteiger partial charge >= 0.3 is 11.9 Å². The molecule has 0 bridgehead atoms. The Morgan fingerprint density at radius 2 is 1.93 bits per heavy atom. The molecule has 10 heteroatoms. The zero-order chi connectivity index (χ0) is 21.7. The van der Waals surface area contributed by atoms with Crippen molar-refractivity contribution in [1.82, 2.24) is 5.32 Å². The molecule has 28 heavy (non-hydrogen) atoms. The molecule has 0 radical (unpaired) electrons. The van der Waals surface area contributed by atoms with Gasteiger partial charge in [-0.25, -0.2) is 4.79 Å². The zero-order valence-electron chi connectivity index (χ0n) is 17.3. The number of methoxy groups -OCH3 is 1. The van der Waals surface area contributed by atoms with Crippen LogP contribution in [-0.2, 0) is 20.9 Å². The van der Waals surface area contributed by atoms with Gasteiger partial charge in [0.05, 0.1) is 13.2 Å². The molecule has 0 aliphatic rings. The zero-order valence-corrected chi connectivity index (χ0v) is 19.1. The number of carbonyl (C=O) groups is 3. The standard InChI is InChI=1S/C18H30N2O6SSi/c1-18(2,3)28(5,6)26-13-10-27-15(17(23)24)11(13)9-20-12(16(19)22)7-8-14(21)25-4/h10,12,20H,7-9H2,1-6H3,(H2,19,22)(H,23,24). The lowest BCUT2D eigenvalue weighted by molar-refractivity contribution is -0.140. The number of esters is 1. The second-order valence-electron chi connectivity index (χ2n) is 8.03. The molecule has 1 unspecified atom stereocenters. The molecular formula is C18H30N2O6SSi. The van der Waals surface area contributed by atoms with Crippen LogP contribution in [0.1, 0.15) is 48.8 Å². The van der Waals surface area contributed by atoms with E-state index in [1.165, 1.54) is 7.11 Å². The van der Waals surface area contributed by atoms with Crippen molar-refractivity contribution in [2.45, 2.75) is 64.3 Å². The van der Waals surface area contributed by atoms with Gasteiger partial charge in [0.1, 0.15) is 10.6 Å². The Balaban J connectivity index is 3.04. The molecule has 0 aliphatic carbocycles. The summed E-state index contributed by atoms with van der Waals surface area (Å²) in [6.45, 7) is 10.5. The van der Waals surface area contributed by atoms with E-state index in [9.17, 15) is 19.5 Å². The van der Waals surface area contributed by atoms with Crippen LogP contribution in [-0.4, -0.2) is 44.4 Å². The van der Waals surface area contributed by atoms with Crippen molar-refractivity contribution in [1.29, 1.82) is 0 Å². The maximum absolute atomic E-state index is 11.7. The van der Waals surface area contributed by atoms with Crippen molar-refractivity contribution < 1.29 is 28.7 Å². The van der Waals surface area contributed by atoms with Crippen LogP contribution in [0.25, 0.3) is 0 Å². The number of carboxylic acid groups (broad SMARTS) is 1. The first kappa shape index (κ1) is 24.1. The Bertz CT molecular complexity index is 726. The number of hydrogen-bond donors (Lipinski definition) is 3. The Kier molecular flexibility index (Phi) is 8.21. The number of carbonyl (C=O) groups excluding carboxylic acids is 2. The molecule has 0 saturated carbocycles. The fraction of sp³-hybridized carbons (Fsp3) is 0.611. The number of amides is 1. The predicted octanol–water partition coefficient (Wildman–Crippen LogP) is 2.73. The summed E-state index contributed by atoms with van der Waals surface area (Å²) in [5.41, 5.74) is 5.89. The van der Waals surface area contributed by atoms with Crippen molar-refractivity contribution in [2.24, 2.45) is 5.73 Å². The predicted molar refractivity (Wildman–Crippen MR) is 110 cm³/mol. The highest BCUT2D eigenvalue weighted by molar-refractivity contribution is 7.12. The summed E-state index contributed by atoms with van der Waals surface area (Å²) in [5.74, 6) is -1.62. The molecule has 4 N–H and O–H groups in total. The number of thiophene rings is 1. The van der Waals surface area contributed by atoms with Crippen molar-refractivity contribution in [3.05, 3.63) is 15.8 Å². The fourth-order valence-electron chi connectivity index (χ4n) is 2.16. The van der Waals surface area contributed by atoms with Gasteiger partial charge < -0.3 is 25.3 Å². The molecule has 1 atom stereocenters. The van der Waals surface area contributed by atoms with Crippen LogP contribution in [0.2, 0.25) is 18.1 Å². The summed E-state index contributed by atoms with van der Waals surface area (Å²) < 4.78 is 10.9. The topological polar surface area (TPSA) is 128 Å². The maximum Gasteiger partial charge on any atom is 0.346 e. The van der Waals surface area contributed by atoms with Gasteiger partial charge in [0.15, 0.2) is 0 Å². The molecule has 0 saturated heterocycles. The Morgan fingerprint density at radius 3 is 2.39 bits per heavy atom. The number of rotatable bonds is 10. The molecule has 0 fully saturated rings. The third-order valence-electron chi connectivity index (χ3n) is 4.95. The maximum atomic E-state index is 11.7. The quantitative estimate of drug-likeness (QED) is 0.384. The van der Waals surface area contributed by atoms with E-state index >= 15 is 0 Å². The van der Waals surface area contributed by atoms with Crippen LogP contribution in [0.3, 0.4) is 0 Å². The summed E-state index contributed by atoms with van der Waals surface area (Å²) >= 11 is 1.08. The van der Waals surface area contributed by atoms with E-state index in [0.29, 0.717) is 11.3 Å². The lowest BCUT2D eigenvalue weighted by Gasteiger charge is -2.36. The van der Waals surface area contributed by atoms with E-state index in [4.69, 9.17) is 10.2 Å². The number of nitrogens with one attached hydrogen (secondary N) is 1. The summed E-state index contributed by atoms with van der Waals surface area (Å²) in [7, 11) is -0.911. The second kappa shape index (κ2) is 9.53. The number of primary amides is 1. The lowest BCUT2D eigenvalue weighted by Crippen LogP contribution is -2.44.